The molecular weight excluding hydrogens is 1500 g/mol. The van der Waals surface area contributed by atoms with E-state index in [4.69, 9.17) is 71.1 Å². The molecule has 20 heteroatoms. The van der Waals surface area contributed by atoms with Crippen LogP contribution in [-0.2, 0) is 131 Å². The third-order valence-corrected chi connectivity index (χ3v) is 21.6. The van der Waals surface area contributed by atoms with Gasteiger partial charge in [-0.05, 0) is 68.4 Å². The molecule has 3 saturated heterocycles. The fraction of sp³-hybridized carbons (Fsp3) is 0.434. The average Bonchev–Trinajstić information content (AvgIpc) is 0.762. The van der Waals surface area contributed by atoms with Gasteiger partial charge >= 0.3 is 0 Å². The lowest BCUT2D eigenvalue weighted by Crippen LogP contribution is -2.68. The molecule has 9 aromatic rings. The molecule has 3 heterocycles. The second-order valence-corrected chi connectivity index (χ2v) is 30.7. The number of benzene rings is 9. The second-order valence-electron chi connectivity index (χ2n) is 30.7. The highest BCUT2D eigenvalue weighted by Gasteiger charge is 2.57. The third-order valence-electron chi connectivity index (χ3n) is 21.6. The Labute approximate surface area is 702 Å². The molecule has 0 aliphatic carbocycles. The highest BCUT2D eigenvalue weighted by atomic mass is 16.8. The number of aliphatic hydroxyl groups is 2. The van der Waals surface area contributed by atoms with Crippen LogP contribution in [0, 0.1) is 0 Å². The maximum atomic E-state index is 13.3. The minimum atomic E-state index is -1.59. The van der Waals surface area contributed by atoms with Gasteiger partial charge in [-0.15, -0.1) is 0 Å². The quantitative estimate of drug-likeness (QED) is 0.0119. The van der Waals surface area contributed by atoms with E-state index in [0.29, 0.717) is 0 Å². The normalized spacial score (nSPS) is 23.7. The third kappa shape index (κ3) is 29.6. The van der Waals surface area contributed by atoms with E-state index < -0.39 is 104 Å². The smallest absolute Gasteiger partial charge is 0.187 e. The van der Waals surface area contributed by atoms with E-state index in [2.05, 4.69) is 23.0 Å². The van der Waals surface area contributed by atoms with Gasteiger partial charge in [-0.3, -0.25) is 0 Å². The number of unbranched alkanes of at least 4 members (excludes halogenated alkanes) is 11. The predicted octanol–water partition coefficient (Wildman–Crippen LogP) is 18.8. The minimum absolute atomic E-state index is 0.0126. The molecule has 10 unspecified atom stereocenters. The lowest BCUT2D eigenvalue weighted by atomic mass is 9.95. The summed E-state index contributed by atoms with van der Waals surface area (Å²) in [5.74, 6) is 0. The molecule has 0 bridgehead atoms. The Morgan fingerprint density at radius 1 is 0.336 bits per heavy atom. The van der Waals surface area contributed by atoms with Crippen molar-refractivity contribution in [2.24, 2.45) is 5.11 Å². The summed E-state index contributed by atoms with van der Waals surface area (Å²) in [5.41, 5.74) is 18.2. The standard InChI is InChI=1S/C99H119N3O17/c1-2-3-4-5-6-7-8-9-10-11-12-13-41-60-84(108-64-77-48-29-17-30-49-77)83(101-102-100)70-114-97-89(104)93(110-66-79-52-33-19-34-53-79)91(86(115-97)72-106-62-75-44-25-15-26-45-75)118-99-96(113-69-82-58-39-22-40-59-82)95(112-68-81-56-37-21-38-57-81)92(87(117-99)73-107-63-76-46-27-16-28-47-76)119-98-94(111-67-80-54-35-20-36-55-80)88(103)90(109-65-78-50-31-18-32-51-78)85(116-98)71-105-61-74-42-23-14-24-43-74/h14-60,83-99,103-104H,2-13,61-73H2,1H3/b60-41+/t83?,84-,85?,86?,87?,88?,89?,90+,91+,92+,93?,94?,95?,96?,97-,98+,99+/m1/s1. The number of aliphatic hydroxyl groups excluding tert-OH is 2. The van der Waals surface area contributed by atoms with Gasteiger partial charge in [0.25, 0.3) is 0 Å². The van der Waals surface area contributed by atoms with Crippen LogP contribution in [0.3, 0.4) is 0 Å². The highest BCUT2D eigenvalue weighted by Crippen LogP contribution is 2.39. The Morgan fingerprint density at radius 2 is 0.647 bits per heavy atom. The molecule has 17 atom stereocenters. The van der Waals surface area contributed by atoms with Crippen LogP contribution >= 0.6 is 0 Å². The summed E-state index contributed by atoms with van der Waals surface area (Å²) in [6.45, 7) is 2.85. The van der Waals surface area contributed by atoms with Crippen LogP contribution in [0.5, 0.6) is 0 Å². The van der Waals surface area contributed by atoms with Gasteiger partial charge in [-0.25, -0.2) is 0 Å². The van der Waals surface area contributed by atoms with Gasteiger partial charge in [0.05, 0.1) is 98.0 Å². The van der Waals surface area contributed by atoms with Crippen molar-refractivity contribution in [2.75, 3.05) is 26.4 Å². The van der Waals surface area contributed by atoms with Gasteiger partial charge in [-0.1, -0.05) is 361 Å². The van der Waals surface area contributed by atoms with E-state index in [1.165, 1.54) is 57.8 Å². The van der Waals surface area contributed by atoms with Crippen LogP contribution in [0.4, 0.5) is 0 Å². The van der Waals surface area contributed by atoms with Crippen LogP contribution < -0.4 is 0 Å². The van der Waals surface area contributed by atoms with Crippen LogP contribution in [0.2, 0.25) is 0 Å². The number of allylic oxidation sites excluding steroid dienone is 1. The Bertz CT molecular complexity index is 4230. The summed E-state index contributed by atoms with van der Waals surface area (Å²) < 4.78 is 106. The number of hydrogen-bond acceptors (Lipinski definition) is 18. The predicted molar refractivity (Wildman–Crippen MR) is 455 cm³/mol. The van der Waals surface area contributed by atoms with E-state index in [0.717, 1.165) is 69.3 Å². The van der Waals surface area contributed by atoms with E-state index >= 15 is 0 Å². The Kier molecular flexibility index (Phi) is 38.5. The zero-order chi connectivity index (χ0) is 81.9. The van der Waals surface area contributed by atoms with E-state index in [1.807, 2.05) is 279 Å². The summed E-state index contributed by atoms with van der Waals surface area (Å²) in [4.78, 5) is 3.35. The van der Waals surface area contributed by atoms with Gasteiger partial charge in [0.1, 0.15) is 73.2 Å². The molecule has 12 rings (SSSR count). The monoisotopic (exact) mass is 1620 g/mol. The first-order valence-corrected chi connectivity index (χ1v) is 42.6. The van der Waals surface area contributed by atoms with E-state index in [9.17, 15) is 15.7 Å². The van der Waals surface area contributed by atoms with Gasteiger partial charge in [0, 0.05) is 4.91 Å². The number of ether oxygens (including phenoxy) is 15. The molecule has 632 valence electrons. The molecule has 0 saturated carbocycles. The first kappa shape index (κ1) is 89.6. The average molecular weight is 1620 g/mol. The van der Waals surface area contributed by atoms with Crippen LogP contribution in [0.1, 0.15) is 134 Å². The topological polar surface area (TPSA) is 228 Å². The Hall–Kier alpha value is -8.65. The van der Waals surface area contributed by atoms with Gasteiger partial charge < -0.3 is 81.3 Å². The first-order valence-electron chi connectivity index (χ1n) is 42.6. The molecule has 2 N–H and O–H groups in total. The zero-order valence-electron chi connectivity index (χ0n) is 68.5. The molecule has 3 fully saturated rings. The van der Waals surface area contributed by atoms with Crippen molar-refractivity contribution in [3.05, 3.63) is 346 Å². The van der Waals surface area contributed by atoms with Crippen molar-refractivity contribution >= 4 is 0 Å². The number of nitrogens with zero attached hydrogens (tertiary/aromatic N) is 3. The Morgan fingerprint density at radius 3 is 1.04 bits per heavy atom. The van der Waals surface area contributed by atoms with Crippen molar-refractivity contribution in [3.63, 3.8) is 0 Å². The number of hydrogen-bond donors (Lipinski definition) is 2. The fourth-order valence-corrected chi connectivity index (χ4v) is 15.1. The molecule has 20 nitrogen and oxygen atoms in total. The highest BCUT2D eigenvalue weighted by molar-refractivity contribution is 5.21. The van der Waals surface area contributed by atoms with E-state index in [-0.39, 0.29) is 85.9 Å². The molecule has 0 radical (unpaired) electrons. The molecular formula is C99H119N3O17. The summed E-state index contributed by atoms with van der Waals surface area (Å²) in [6.07, 6.45) is -0.928. The van der Waals surface area contributed by atoms with Crippen LogP contribution in [0.25, 0.3) is 10.4 Å². The van der Waals surface area contributed by atoms with Gasteiger partial charge in [0.2, 0.25) is 0 Å². The Balaban J connectivity index is 0.901. The molecule has 119 heavy (non-hydrogen) atoms. The first-order chi connectivity index (χ1) is 58.8. The molecule has 0 spiro atoms. The number of azide groups is 1. The summed E-state index contributed by atoms with van der Waals surface area (Å²) in [5, 5.41) is 30.9. The molecule has 9 aromatic carbocycles. The van der Waals surface area contributed by atoms with Crippen molar-refractivity contribution in [2.45, 2.75) is 248 Å². The van der Waals surface area contributed by atoms with Crippen molar-refractivity contribution in [3.8, 4) is 0 Å². The molecule has 3 aliphatic rings. The SMILES string of the molecule is CCCCCCCCCCCCC/C=C/[C@@H](OCc1ccccc1)C(CO[C@@H]1OC(COCc2ccccc2)[C@H](O[C@@H]2OC(COCc3ccccc3)[C@H](O[C@@H]3OC(COCc4ccccc4)[C@H](OCc4ccccc4)C(O)C3OCc3ccccc3)C(OCc3ccccc3)C2OCc2ccccc2)C(OCc2ccccc2)C1O)N=[N+]=[N-]. The molecule has 3 aliphatic heterocycles. The van der Waals surface area contributed by atoms with Crippen molar-refractivity contribution < 1.29 is 81.3 Å². The lowest BCUT2D eigenvalue weighted by Gasteiger charge is -2.51. The number of rotatable bonds is 52. The largest absolute Gasteiger partial charge is 0.387 e. The maximum absolute atomic E-state index is 13.3. The van der Waals surface area contributed by atoms with Crippen molar-refractivity contribution in [1.82, 2.24) is 0 Å². The lowest BCUT2D eigenvalue weighted by molar-refractivity contribution is -0.393. The molecule has 0 aromatic heterocycles. The molecule has 0 amide bonds. The summed E-state index contributed by atoms with van der Waals surface area (Å²) in [7, 11) is 0. The fourth-order valence-electron chi connectivity index (χ4n) is 15.1. The van der Waals surface area contributed by atoms with Crippen molar-refractivity contribution in [1.29, 1.82) is 0 Å². The van der Waals surface area contributed by atoms with E-state index in [1.54, 1.807) is 0 Å². The summed E-state index contributed by atoms with van der Waals surface area (Å²) in [6, 6.07) is 87.0. The maximum Gasteiger partial charge on any atom is 0.187 e. The zero-order valence-corrected chi connectivity index (χ0v) is 68.5. The second kappa shape index (κ2) is 51.2. The van der Waals surface area contributed by atoms with Gasteiger partial charge in [0.15, 0.2) is 18.9 Å². The summed E-state index contributed by atoms with van der Waals surface area (Å²) >= 11 is 0. The van der Waals surface area contributed by atoms with Crippen LogP contribution in [-0.4, -0.2) is 141 Å². The van der Waals surface area contributed by atoms with Gasteiger partial charge in [-0.2, -0.15) is 0 Å². The minimum Gasteiger partial charge on any atom is -0.387 e. The van der Waals surface area contributed by atoms with Crippen LogP contribution in [0.15, 0.2) is 290 Å².